The minimum Gasteiger partial charge on any atom is -0.479 e. The van der Waals surface area contributed by atoms with Crippen molar-refractivity contribution in [1.82, 2.24) is 0 Å². The fraction of sp³-hybridized carbons (Fsp3) is 0.571. The van der Waals surface area contributed by atoms with Crippen LogP contribution in [-0.4, -0.2) is 64.2 Å². The molecule has 6 N–H and O–H groups in total. The van der Waals surface area contributed by atoms with E-state index in [1.54, 1.807) is 0 Å². The molecule has 0 aliphatic heterocycles. The van der Waals surface area contributed by atoms with Crippen LogP contribution in [0, 0.1) is 0 Å². The number of carbonyl (C=O) groups is 3. The van der Waals surface area contributed by atoms with Gasteiger partial charge in [-0.3, -0.25) is 4.79 Å². The maximum absolute atomic E-state index is 9.83. The molecule has 0 radical (unpaired) electrons. The maximum Gasteiger partial charge on any atom is 0.335 e. The normalized spacial score (nSPS) is 12.8. The fourth-order valence-corrected chi connectivity index (χ4v) is 0.353. The topological polar surface area (TPSA) is 167 Å². The molecule has 0 rings (SSSR count). The molecule has 0 aliphatic carbocycles. The van der Waals surface area contributed by atoms with Gasteiger partial charge in [0.15, 0.2) is 12.2 Å². The van der Waals surface area contributed by atoms with Crippen molar-refractivity contribution in [2.45, 2.75) is 12.2 Å². The first-order valence-electron chi connectivity index (χ1n) is 3.86. The Balaban J connectivity index is 0. The first kappa shape index (κ1) is 16.7. The highest BCUT2D eigenvalue weighted by molar-refractivity contribution is 5.83. The van der Waals surface area contributed by atoms with Crippen molar-refractivity contribution in [2.75, 3.05) is 13.7 Å². The Labute approximate surface area is 90.0 Å². The van der Waals surface area contributed by atoms with Crippen LogP contribution < -0.4 is 5.73 Å². The van der Waals surface area contributed by atoms with Crippen LogP contribution in [0.2, 0.25) is 0 Å². The molecule has 2 atom stereocenters. The van der Waals surface area contributed by atoms with Gasteiger partial charge in [0.1, 0.15) is 0 Å². The summed E-state index contributed by atoms with van der Waals surface area (Å²) >= 11 is 0. The van der Waals surface area contributed by atoms with Crippen LogP contribution >= 0.6 is 0 Å². The summed E-state index contributed by atoms with van der Waals surface area (Å²) in [6.45, 7) is -0.0312. The molecule has 9 heteroatoms. The molecule has 0 aromatic carbocycles. The summed E-state index contributed by atoms with van der Waals surface area (Å²) in [5.41, 5.74) is 4.81. The van der Waals surface area contributed by atoms with Crippen molar-refractivity contribution in [3.05, 3.63) is 0 Å². The zero-order valence-electron chi connectivity index (χ0n) is 8.36. The van der Waals surface area contributed by atoms with Crippen LogP contribution in [0.1, 0.15) is 0 Å². The molecule has 0 spiro atoms. The van der Waals surface area contributed by atoms with Crippen molar-refractivity contribution < 1.29 is 39.5 Å². The number of methoxy groups -OCH3 is 1. The van der Waals surface area contributed by atoms with Gasteiger partial charge in [-0.1, -0.05) is 0 Å². The van der Waals surface area contributed by atoms with Gasteiger partial charge in [0.05, 0.1) is 13.7 Å². The molecule has 0 saturated heterocycles. The first-order valence-corrected chi connectivity index (χ1v) is 3.86. The van der Waals surface area contributed by atoms with Crippen LogP contribution in [0.4, 0.5) is 0 Å². The second kappa shape index (κ2) is 8.59. The van der Waals surface area contributed by atoms with Crippen LogP contribution in [0.3, 0.4) is 0 Å². The van der Waals surface area contributed by atoms with Crippen LogP contribution in [-0.2, 0) is 19.1 Å². The number of carbonyl (C=O) groups excluding carboxylic acids is 1. The number of ether oxygens (including phenoxy) is 1. The van der Waals surface area contributed by atoms with E-state index in [-0.39, 0.29) is 12.5 Å². The van der Waals surface area contributed by atoms with Crippen molar-refractivity contribution in [2.24, 2.45) is 5.73 Å². The molecular formula is C7H13NO8. The number of aliphatic hydroxyl groups is 2. The smallest absolute Gasteiger partial charge is 0.335 e. The van der Waals surface area contributed by atoms with Crippen molar-refractivity contribution in [3.63, 3.8) is 0 Å². The molecule has 0 unspecified atom stereocenters. The summed E-state index contributed by atoms with van der Waals surface area (Å²) in [6.07, 6.45) is -4.53. The predicted octanol–water partition coefficient (Wildman–Crippen LogP) is -3.00. The monoisotopic (exact) mass is 239 g/mol. The Morgan fingerprint density at radius 3 is 1.50 bits per heavy atom. The summed E-state index contributed by atoms with van der Waals surface area (Å²) in [6, 6.07) is 0. The summed E-state index contributed by atoms with van der Waals surface area (Å²) in [5.74, 6) is -3.92. The first-order chi connectivity index (χ1) is 7.27. The average molecular weight is 239 g/mol. The van der Waals surface area contributed by atoms with E-state index in [9.17, 15) is 14.4 Å². The van der Waals surface area contributed by atoms with Crippen molar-refractivity contribution in [1.29, 1.82) is 0 Å². The second-order valence-electron chi connectivity index (χ2n) is 2.35. The van der Waals surface area contributed by atoms with Crippen LogP contribution in [0.5, 0.6) is 0 Å². The Morgan fingerprint density at radius 2 is 1.44 bits per heavy atom. The van der Waals surface area contributed by atoms with E-state index in [4.69, 9.17) is 26.2 Å². The van der Waals surface area contributed by atoms with E-state index in [0.717, 1.165) is 0 Å². The quantitative estimate of drug-likeness (QED) is 0.321. The van der Waals surface area contributed by atoms with Gasteiger partial charge in [0, 0.05) is 0 Å². The van der Waals surface area contributed by atoms with Gasteiger partial charge in [-0.15, -0.1) is 0 Å². The van der Waals surface area contributed by atoms with Gasteiger partial charge in [0.25, 0.3) is 0 Å². The number of hydrogen-bond donors (Lipinski definition) is 5. The van der Waals surface area contributed by atoms with E-state index in [1.807, 2.05) is 0 Å². The minimum absolute atomic E-state index is 0.0312. The van der Waals surface area contributed by atoms with E-state index in [0.29, 0.717) is 0 Å². The molecule has 0 bridgehead atoms. The second-order valence-corrected chi connectivity index (χ2v) is 2.35. The Hall–Kier alpha value is -1.71. The van der Waals surface area contributed by atoms with E-state index < -0.39 is 24.1 Å². The number of hydrogen-bond acceptors (Lipinski definition) is 7. The summed E-state index contributed by atoms with van der Waals surface area (Å²) in [7, 11) is 1.30. The largest absolute Gasteiger partial charge is 0.479 e. The van der Waals surface area contributed by atoms with Gasteiger partial charge in [-0.05, 0) is 0 Å². The average Bonchev–Trinajstić information content (AvgIpc) is 2.26. The number of aliphatic hydroxyl groups excluding tert-OH is 2. The van der Waals surface area contributed by atoms with Gasteiger partial charge in [-0.2, -0.15) is 0 Å². The number of esters is 1. The number of rotatable bonds is 4. The Kier molecular flexibility index (Phi) is 8.97. The lowest BCUT2D eigenvalue weighted by Crippen LogP contribution is -2.39. The fourth-order valence-electron chi connectivity index (χ4n) is 0.353. The predicted molar refractivity (Wildman–Crippen MR) is 48.4 cm³/mol. The van der Waals surface area contributed by atoms with Gasteiger partial charge in [-0.25, -0.2) is 9.59 Å². The molecule has 0 aromatic rings. The molecule has 9 nitrogen and oxygen atoms in total. The third kappa shape index (κ3) is 7.67. The molecule has 0 aromatic heterocycles. The highest BCUT2D eigenvalue weighted by atomic mass is 16.5. The van der Waals surface area contributed by atoms with Crippen molar-refractivity contribution in [3.8, 4) is 0 Å². The number of carboxylic acids is 2. The zero-order valence-corrected chi connectivity index (χ0v) is 8.36. The third-order valence-electron chi connectivity index (χ3n) is 1.20. The lowest BCUT2D eigenvalue weighted by molar-refractivity contribution is -0.165. The van der Waals surface area contributed by atoms with Gasteiger partial charge >= 0.3 is 17.9 Å². The van der Waals surface area contributed by atoms with E-state index >= 15 is 0 Å². The molecule has 94 valence electrons. The summed E-state index contributed by atoms with van der Waals surface area (Å²) in [4.78, 5) is 29.4. The SMILES string of the molecule is COC(=O)CN.O=C(O)[C@H](O)[C@@H](O)C(=O)O. The molecule has 0 fully saturated rings. The molecule has 0 amide bonds. The molecule has 0 saturated carbocycles. The molecule has 0 heterocycles. The Morgan fingerprint density at radius 1 is 1.12 bits per heavy atom. The highest BCUT2D eigenvalue weighted by Crippen LogP contribution is 1.92. The van der Waals surface area contributed by atoms with E-state index in [2.05, 4.69) is 4.74 Å². The van der Waals surface area contributed by atoms with Crippen LogP contribution in [0.15, 0.2) is 0 Å². The Bertz CT molecular complexity index is 229. The van der Waals surface area contributed by atoms with Crippen LogP contribution in [0.25, 0.3) is 0 Å². The zero-order chi connectivity index (χ0) is 13.3. The summed E-state index contributed by atoms with van der Waals surface area (Å²) in [5, 5.41) is 32.5. The third-order valence-corrected chi connectivity index (χ3v) is 1.20. The van der Waals surface area contributed by atoms with Gasteiger partial charge in [0.2, 0.25) is 0 Å². The molecule has 0 aliphatic rings. The molecule has 16 heavy (non-hydrogen) atoms. The lowest BCUT2D eigenvalue weighted by atomic mass is 10.2. The lowest BCUT2D eigenvalue weighted by Gasteiger charge is -2.07. The maximum atomic E-state index is 9.83. The standard InChI is InChI=1S/C4H6O6.C3H7NO2/c5-1(3(7)8)2(6)4(9)10;1-6-3(5)2-4/h1-2,5-6H,(H,7,8)(H,9,10);2,4H2,1H3/t1-,2-;/m1./s1. The molecular weight excluding hydrogens is 226 g/mol. The number of nitrogens with two attached hydrogens (primary N) is 1. The highest BCUT2D eigenvalue weighted by Gasteiger charge is 2.29. The number of aliphatic carboxylic acids is 2. The van der Waals surface area contributed by atoms with Crippen molar-refractivity contribution >= 4 is 17.9 Å². The van der Waals surface area contributed by atoms with E-state index in [1.165, 1.54) is 7.11 Å². The summed E-state index contributed by atoms with van der Waals surface area (Å²) < 4.78 is 4.14. The number of carboxylic acid groups (broad SMARTS) is 2. The van der Waals surface area contributed by atoms with Gasteiger partial charge < -0.3 is 30.9 Å². The minimum atomic E-state index is -2.27.